The number of aromatic nitrogens is 3. The summed E-state index contributed by atoms with van der Waals surface area (Å²) in [4.78, 5) is 54.1. The van der Waals surface area contributed by atoms with Gasteiger partial charge in [-0.05, 0) is 78.8 Å². The molecule has 2 aromatic heterocycles. The van der Waals surface area contributed by atoms with E-state index in [1.807, 2.05) is 22.6 Å². The Labute approximate surface area is 280 Å². The number of benzene rings is 2. The number of nitrogens with one attached hydrogen (secondary N) is 3. The number of halogens is 2. The number of pyridine rings is 1. The first-order valence-electron chi connectivity index (χ1n) is 14.3. The highest BCUT2D eigenvalue weighted by Gasteiger charge is 2.32. The lowest BCUT2D eigenvalue weighted by atomic mass is 10.1. The van der Waals surface area contributed by atoms with E-state index < -0.39 is 64.7 Å². The summed E-state index contributed by atoms with van der Waals surface area (Å²) in [6.45, 7) is -0.513. The van der Waals surface area contributed by atoms with Gasteiger partial charge in [-0.15, -0.1) is 0 Å². The normalized spacial score (nSPS) is 13.1. The lowest BCUT2D eigenvalue weighted by Gasteiger charge is -2.23. The molecule has 15 nitrogen and oxygen atoms in total. The third kappa shape index (κ3) is 6.62. The molecule has 5 rings (SSSR count). The number of anilines is 3. The molecule has 0 unspecified atom stereocenters. The van der Waals surface area contributed by atoms with Crippen molar-refractivity contribution in [1.82, 2.24) is 23.3 Å². The molecule has 2 heterocycles. The molecule has 1 saturated carbocycles. The summed E-state index contributed by atoms with van der Waals surface area (Å²) in [5, 5.41) is 23.4. The topological polar surface area (TPSA) is 197 Å². The quantitative estimate of drug-likeness (QED) is 0.141. The van der Waals surface area contributed by atoms with Gasteiger partial charge in [0.15, 0.2) is 0 Å². The van der Waals surface area contributed by atoms with Crippen LogP contribution in [0.4, 0.5) is 26.4 Å². The molecule has 4 aromatic rings. The monoisotopic (exact) mass is 783 g/mol. The maximum absolute atomic E-state index is 15.0. The molecule has 0 atom stereocenters. The number of hydrogen-bond acceptors (Lipinski definition) is 9. The Balaban J connectivity index is 1.72. The average molecular weight is 784 g/mol. The largest absolute Gasteiger partial charge is 0.395 e. The zero-order valence-corrected chi connectivity index (χ0v) is 28.1. The van der Waals surface area contributed by atoms with Gasteiger partial charge >= 0.3 is 21.9 Å². The van der Waals surface area contributed by atoms with E-state index in [9.17, 15) is 37.1 Å². The molecule has 0 aliphatic heterocycles. The highest BCUT2D eigenvalue weighted by atomic mass is 127. The van der Waals surface area contributed by atoms with Gasteiger partial charge in [0.05, 0.1) is 42.3 Å². The fourth-order valence-corrected chi connectivity index (χ4v) is 6.75. The van der Waals surface area contributed by atoms with E-state index in [0.717, 1.165) is 9.13 Å². The minimum absolute atomic E-state index is 0.00689. The molecule has 1 aliphatic carbocycles. The van der Waals surface area contributed by atoms with E-state index >= 15 is 0 Å². The van der Waals surface area contributed by atoms with Crippen molar-refractivity contribution in [2.24, 2.45) is 7.05 Å². The molecule has 1 aliphatic rings. The molecule has 1 fully saturated rings. The Morgan fingerprint density at radius 1 is 1.09 bits per heavy atom. The van der Waals surface area contributed by atoms with E-state index in [-0.39, 0.29) is 45.9 Å². The second-order valence-corrected chi connectivity index (χ2v) is 13.6. The number of amides is 2. The molecule has 250 valence electrons. The van der Waals surface area contributed by atoms with E-state index in [4.69, 9.17) is 5.11 Å². The summed E-state index contributed by atoms with van der Waals surface area (Å²) in [6.07, 6.45) is 1.11. The van der Waals surface area contributed by atoms with Gasteiger partial charge in [-0.3, -0.25) is 28.0 Å². The van der Waals surface area contributed by atoms with Gasteiger partial charge < -0.3 is 20.8 Å². The van der Waals surface area contributed by atoms with Crippen molar-refractivity contribution in [2.45, 2.75) is 25.8 Å². The molecule has 0 bridgehead atoms. The average Bonchev–Trinajstić information content (AvgIpc) is 3.86. The van der Waals surface area contributed by atoms with Crippen LogP contribution in [0.5, 0.6) is 0 Å². The Kier molecular flexibility index (Phi) is 9.75. The third-order valence-electron chi connectivity index (χ3n) is 7.50. The van der Waals surface area contributed by atoms with Crippen molar-refractivity contribution in [3.63, 3.8) is 0 Å². The number of aliphatic hydroxyl groups excluding tert-OH is 2. The first kappa shape index (κ1) is 34.1. The number of rotatable bonds is 11. The van der Waals surface area contributed by atoms with Gasteiger partial charge in [-0.2, -0.15) is 8.42 Å². The van der Waals surface area contributed by atoms with Gasteiger partial charge in [0.2, 0.25) is 0 Å². The van der Waals surface area contributed by atoms with E-state index in [1.165, 1.54) is 54.9 Å². The summed E-state index contributed by atoms with van der Waals surface area (Å²) < 4.78 is 48.0. The van der Waals surface area contributed by atoms with Crippen LogP contribution >= 0.6 is 22.6 Å². The highest BCUT2D eigenvalue weighted by molar-refractivity contribution is 14.1. The predicted molar refractivity (Wildman–Crippen MR) is 181 cm³/mol. The minimum Gasteiger partial charge on any atom is -0.395 e. The van der Waals surface area contributed by atoms with Crippen LogP contribution in [0, 0.1) is 16.3 Å². The molecule has 2 aromatic carbocycles. The van der Waals surface area contributed by atoms with Crippen LogP contribution in [0.3, 0.4) is 0 Å². The van der Waals surface area contributed by atoms with E-state index in [1.54, 1.807) is 6.07 Å². The van der Waals surface area contributed by atoms with Gasteiger partial charge in [-0.1, -0.05) is 6.07 Å². The third-order valence-corrected chi connectivity index (χ3v) is 9.59. The Hall–Kier alpha value is -4.27. The van der Waals surface area contributed by atoms with Crippen molar-refractivity contribution in [3.8, 4) is 5.69 Å². The fourth-order valence-electron chi connectivity index (χ4n) is 5.16. The lowest BCUT2D eigenvalue weighted by Crippen LogP contribution is -2.48. The van der Waals surface area contributed by atoms with Gasteiger partial charge in [-0.25, -0.2) is 18.3 Å². The van der Waals surface area contributed by atoms with Crippen molar-refractivity contribution in [1.29, 1.82) is 0 Å². The second-order valence-electron chi connectivity index (χ2n) is 10.7. The van der Waals surface area contributed by atoms with Crippen LogP contribution in [0.2, 0.25) is 0 Å². The van der Waals surface area contributed by atoms with Gasteiger partial charge in [0.25, 0.3) is 11.1 Å². The molecular formula is C29H31FIN7O8S. The van der Waals surface area contributed by atoms with E-state index in [2.05, 4.69) is 15.4 Å². The molecule has 5 N–H and O–H groups in total. The van der Waals surface area contributed by atoms with Gasteiger partial charge in [0, 0.05) is 28.8 Å². The van der Waals surface area contributed by atoms with Crippen LogP contribution in [-0.4, -0.2) is 69.0 Å². The van der Waals surface area contributed by atoms with Crippen molar-refractivity contribution < 1.29 is 27.8 Å². The number of nitrogens with zero attached hydrogens (tertiary/aromatic N) is 4. The SMILES string of the molecule is Cc1c(=O)n(C)c(Nc2ccc(I)cc2F)c2c(=O)n(C3CC3)c(=O)n(-c3cccc(NS(=O)(=O)N(CCO)C(=O)NCCO)c3)c12. The lowest BCUT2D eigenvalue weighted by molar-refractivity contribution is 0.205. The number of carbonyl (C=O) groups is 1. The predicted octanol–water partition coefficient (Wildman–Crippen LogP) is 1.63. The zero-order valence-electron chi connectivity index (χ0n) is 25.2. The Morgan fingerprint density at radius 2 is 1.81 bits per heavy atom. The molecule has 0 radical (unpaired) electrons. The maximum Gasteiger partial charge on any atom is 0.336 e. The first-order valence-corrected chi connectivity index (χ1v) is 16.9. The second kappa shape index (κ2) is 13.5. The minimum atomic E-state index is -4.62. The number of aliphatic hydroxyl groups is 2. The Bertz CT molecular complexity index is 2180. The number of carbonyl (C=O) groups excluding carboxylic acids is 1. The summed E-state index contributed by atoms with van der Waals surface area (Å²) in [5.41, 5.74) is -2.06. The molecule has 0 spiro atoms. The van der Waals surface area contributed by atoms with Crippen LogP contribution in [0.1, 0.15) is 24.4 Å². The van der Waals surface area contributed by atoms with Crippen LogP contribution in [0.15, 0.2) is 56.8 Å². The summed E-state index contributed by atoms with van der Waals surface area (Å²) in [5.74, 6) is -0.677. The molecular weight excluding hydrogens is 752 g/mol. The maximum atomic E-state index is 15.0. The van der Waals surface area contributed by atoms with Gasteiger partial charge in [0.1, 0.15) is 17.0 Å². The first-order chi connectivity index (χ1) is 22.3. The summed E-state index contributed by atoms with van der Waals surface area (Å²) >= 11 is 1.95. The zero-order chi connectivity index (χ0) is 34.2. The van der Waals surface area contributed by atoms with Crippen molar-refractivity contribution >= 4 is 66.9 Å². The molecule has 18 heteroatoms. The number of fused-ring (bicyclic) bond motifs is 1. The smallest absolute Gasteiger partial charge is 0.336 e. The Morgan fingerprint density at radius 3 is 2.45 bits per heavy atom. The fraction of sp³-hybridized carbons (Fsp3) is 0.310. The number of aryl methyl sites for hydroxylation is 1. The molecule has 2 amide bonds. The van der Waals surface area contributed by atoms with Crippen LogP contribution in [-0.2, 0) is 17.3 Å². The van der Waals surface area contributed by atoms with Crippen LogP contribution in [0.25, 0.3) is 16.6 Å². The molecule has 0 saturated heterocycles. The molecule has 47 heavy (non-hydrogen) atoms. The van der Waals surface area contributed by atoms with E-state index in [0.29, 0.717) is 20.7 Å². The van der Waals surface area contributed by atoms with Crippen molar-refractivity contribution in [3.05, 3.63) is 88.6 Å². The van der Waals surface area contributed by atoms with Crippen LogP contribution < -0.4 is 32.2 Å². The summed E-state index contributed by atoms with van der Waals surface area (Å²) in [7, 11) is -3.20. The standard InChI is InChI=1S/C29H31FIN7O8S/c1-16-24-23(25(35(2)26(16)41)33-22-9-6-17(31)14-21(22)30)27(42)38(19-7-8-19)29(44)37(24)20-5-3-4-18(15-20)34-47(45,46)36(11-13-40)28(43)32-10-12-39/h3-6,9,14-15,19,33-34,39-40H,7-8,10-13H2,1-2H3,(H,32,43). The van der Waals surface area contributed by atoms with Crippen molar-refractivity contribution in [2.75, 3.05) is 36.3 Å². The highest BCUT2D eigenvalue weighted by Crippen LogP contribution is 2.34. The summed E-state index contributed by atoms with van der Waals surface area (Å²) in [6, 6.07) is 8.41. The number of hydrogen-bond donors (Lipinski definition) is 5. The number of urea groups is 1.